The molecular weight excluding hydrogens is 172 g/mol. The second-order valence-corrected chi connectivity index (χ2v) is 5.30. The average molecular weight is 198 g/mol. The Morgan fingerprint density at radius 1 is 1.36 bits per heavy atom. The Morgan fingerprint density at radius 3 is 2.64 bits per heavy atom. The van der Waals surface area contributed by atoms with Crippen molar-refractivity contribution in [3.63, 3.8) is 0 Å². The highest BCUT2D eigenvalue weighted by Gasteiger charge is 2.26. The van der Waals surface area contributed by atoms with E-state index in [1.54, 1.807) is 0 Å². The van der Waals surface area contributed by atoms with E-state index in [1.165, 1.54) is 32.5 Å². The molecule has 1 aliphatic rings. The van der Waals surface area contributed by atoms with E-state index in [-0.39, 0.29) is 0 Å². The lowest BCUT2D eigenvalue weighted by Gasteiger charge is -2.29. The first-order chi connectivity index (χ1) is 6.57. The van der Waals surface area contributed by atoms with Crippen LogP contribution in [0.2, 0.25) is 0 Å². The Balaban J connectivity index is 2.28. The van der Waals surface area contributed by atoms with Gasteiger partial charge in [-0.2, -0.15) is 0 Å². The molecule has 84 valence electrons. The minimum atomic E-state index is 0.487. The van der Waals surface area contributed by atoms with Gasteiger partial charge in [0.25, 0.3) is 0 Å². The van der Waals surface area contributed by atoms with E-state index in [0.29, 0.717) is 5.41 Å². The van der Waals surface area contributed by atoms with Crippen molar-refractivity contribution in [2.24, 2.45) is 5.41 Å². The molecule has 0 radical (unpaired) electrons. The second-order valence-electron chi connectivity index (χ2n) is 5.30. The highest BCUT2D eigenvalue weighted by atomic mass is 15.2. The Bertz CT molecular complexity index is 166. The second kappa shape index (κ2) is 5.13. The van der Waals surface area contributed by atoms with Crippen molar-refractivity contribution in [2.45, 2.75) is 46.6 Å². The van der Waals surface area contributed by atoms with Gasteiger partial charge in [0, 0.05) is 19.1 Å². The lowest BCUT2D eigenvalue weighted by atomic mass is 9.90. The maximum absolute atomic E-state index is 3.54. The van der Waals surface area contributed by atoms with E-state index in [2.05, 4.69) is 37.9 Å². The van der Waals surface area contributed by atoms with Gasteiger partial charge in [-0.25, -0.2) is 0 Å². The zero-order valence-electron chi connectivity index (χ0n) is 10.3. The van der Waals surface area contributed by atoms with Crippen LogP contribution in [0.25, 0.3) is 0 Å². The van der Waals surface area contributed by atoms with Gasteiger partial charge < -0.3 is 10.2 Å². The van der Waals surface area contributed by atoms with Crippen molar-refractivity contribution < 1.29 is 0 Å². The third kappa shape index (κ3) is 3.58. The smallest absolute Gasteiger partial charge is 0.0207 e. The van der Waals surface area contributed by atoms with Gasteiger partial charge in [0.05, 0.1) is 0 Å². The predicted molar refractivity (Wildman–Crippen MR) is 62.6 cm³/mol. The summed E-state index contributed by atoms with van der Waals surface area (Å²) >= 11 is 0. The minimum Gasteiger partial charge on any atom is -0.313 e. The van der Waals surface area contributed by atoms with Crippen LogP contribution in [0.15, 0.2) is 0 Å². The quantitative estimate of drug-likeness (QED) is 0.728. The number of nitrogens with one attached hydrogen (secondary N) is 1. The first-order valence-electron chi connectivity index (χ1n) is 6.03. The summed E-state index contributed by atoms with van der Waals surface area (Å²) in [5.74, 6) is 0. The topological polar surface area (TPSA) is 15.3 Å². The number of likely N-dealkylation sites (tertiary alicyclic amines) is 1. The first kappa shape index (κ1) is 12.0. The Labute approximate surface area is 89.1 Å². The lowest BCUT2D eigenvalue weighted by Crippen LogP contribution is -2.36. The standard InChI is InChI=1S/C12H26N2/c1-5-12(3,4)10-14-8-7-11(9-14)13-6-2/h11,13H,5-10H2,1-4H3. The van der Waals surface area contributed by atoms with Crippen LogP contribution in [0, 0.1) is 5.41 Å². The van der Waals surface area contributed by atoms with Crippen LogP contribution in [0.3, 0.4) is 0 Å². The molecule has 0 bridgehead atoms. The Kier molecular flexibility index (Phi) is 4.39. The maximum atomic E-state index is 3.54. The SMILES string of the molecule is CCNC1CCN(CC(C)(C)CC)C1. The average Bonchev–Trinajstić information content (AvgIpc) is 2.53. The zero-order chi connectivity index (χ0) is 10.6. The molecule has 0 aromatic rings. The summed E-state index contributed by atoms with van der Waals surface area (Å²) in [4.78, 5) is 2.61. The van der Waals surface area contributed by atoms with Crippen LogP contribution in [0.5, 0.6) is 0 Å². The number of likely N-dealkylation sites (N-methyl/N-ethyl adjacent to an activating group) is 1. The first-order valence-corrected chi connectivity index (χ1v) is 6.03. The van der Waals surface area contributed by atoms with Crippen LogP contribution in [0.1, 0.15) is 40.5 Å². The van der Waals surface area contributed by atoms with Crippen molar-refractivity contribution in [1.29, 1.82) is 0 Å². The lowest BCUT2D eigenvalue weighted by molar-refractivity contribution is 0.200. The Hall–Kier alpha value is -0.0800. The van der Waals surface area contributed by atoms with Gasteiger partial charge in [0.1, 0.15) is 0 Å². The molecule has 1 unspecified atom stereocenters. The molecule has 1 heterocycles. The van der Waals surface area contributed by atoms with Gasteiger partial charge in [0.2, 0.25) is 0 Å². The van der Waals surface area contributed by atoms with E-state index < -0.39 is 0 Å². The van der Waals surface area contributed by atoms with E-state index >= 15 is 0 Å². The summed E-state index contributed by atoms with van der Waals surface area (Å²) in [5, 5.41) is 3.54. The fourth-order valence-electron chi connectivity index (χ4n) is 2.15. The molecule has 1 N–H and O–H groups in total. The normalized spacial score (nSPS) is 24.4. The van der Waals surface area contributed by atoms with E-state index in [1.807, 2.05) is 0 Å². The minimum absolute atomic E-state index is 0.487. The molecule has 0 amide bonds. The van der Waals surface area contributed by atoms with Crippen LogP contribution in [-0.2, 0) is 0 Å². The monoisotopic (exact) mass is 198 g/mol. The molecular formula is C12H26N2. The molecule has 0 aromatic carbocycles. The van der Waals surface area contributed by atoms with Gasteiger partial charge in [-0.15, -0.1) is 0 Å². The maximum Gasteiger partial charge on any atom is 0.0207 e. The third-order valence-electron chi connectivity index (χ3n) is 3.37. The van der Waals surface area contributed by atoms with E-state index in [9.17, 15) is 0 Å². The molecule has 2 heteroatoms. The molecule has 1 rings (SSSR count). The van der Waals surface area contributed by atoms with Crippen molar-refractivity contribution >= 4 is 0 Å². The van der Waals surface area contributed by atoms with Crippen LogP contribution in [0.4, 0.5) is 0 Å². The van der Waals surface area contributed by atoms with Crippen LogP contribution in [-0.4, -0.2) is 37.1 Å². The molecule has 2 nitrogen and oxygen atoms in total. The van der Waals surface area contributed by atoms with Crippen LogP contribution < -0.4 is 5.32 Å². The summed E-state index contributed by atoms with van der Waals surface area (Å²) < 4.78 is 0. The molecule has 0 spiro atoms. The summed E-state index contributed by atoms with van der Waals surface area (Å²) in [6, 6.07) is 0.743. The molecule has 1 fully saturated rings. The Morgan fingerprint density at radius 2 is 2.07 bits per heavy atom. The summed E-state index contributed by atoms with van der Waals surface area (Å²) in [6.45, 7) is 14.1. The number of hydrogen-bond donors (Lipinski definition) is 1. The number of nitrogens with zero attached hydrogens (tertiary/aromatic N) is 1. The van der Waals surface area contributed by atoms with E-state index in [0.717, 1.165) is 12.6 Å². The van der Waals surface area contributed by atoms with E-state index in [4.69, 9.17) is 0 Å². The largest absolute Gasteiger partial charge is 0.313 e. The van der Waals surface area contributed by atoms with Crippen molar-refractivity contribution in [3.8, 4) is 0 Å². The highest BCUT2D eigenvalue weighted by Crippen LogP contribution is 2.23. The number of hydrogen-bond acceptors (Lipinski definition) is 2. The molecule has 14 heavy (non-hydrogen) atoms. The fourth-order valence-corrected chi connectivity index (χ4v) is 2.15. The molecule has 1 saturated heterocycles. The molecule has 0 aromatic heterocycles. The highest BCUT2D eigenvalue weighted by molar-refractivity contribution is 4.83. The van der Waals surface area contributed by atoms with Gasteiger partial charge >= 0.3 is 0 Å². The van der Waals surface area contributed by atoms with Gasteiger partial charge in [-0.05, 0) is 31.3 Å². The zero-order valence-corrected chi connectivity index (χ0v) is 10.3. The molecule has 1 aliphatic heterocycles. The molecule has 0 saturated carbocycles. The van der Waals surface area contributed by atoms with Crippen molar-refractivity contribution in [2.75, 3.05) is 26.2 Å². The summed E-state index contributed by atoms with van der Waals surface area (Å²) in [7, 11) is 0. The van der Waals surface area contributed by atoms with Crippen LogP contribution >= 0.6 is 0 Å². The molecule has 1 atom stereocenters. The fraction of sp³-hybridized carbons (Fsp3) is 1.00. The summed E-state index contributed by atoms with van der Waals surface area (Å²) in [6.07, 6.45) is 2.60. The van der Waals surface area contributed by atoms with Gasteiger partial charge in [-0.3, -0.25) is 0 Å². The predicted octanol–water partition coefficient (Wildman–Crippen LogP) is 2.11. The van der Waals surface area contributed by atoms with Crippen molar-refractivity contribution in [3.05, 3.63) is 0 Å². The number of rotatable bonds is 5. The summed E-state index contributed by atoms with van der Waals surface area (Å²) in [5.41, 5.74) is 0.487. The van der Waals surface area contributed by atoms with Gasteiger partial charge in [0.15, 0.2) is 0 Å². The third-order valence-corrected chi connectivity index (χ3v) is 3.37. The van der Waals surface area contributed by atoms with Gasteiger partial charge in [-0.1, -0.05) is 27.7 Å². The molecule has 0 aliphatic carbocycles. The van der Waals surface area contributed by atoms with Crippen molar-refractivity contribution in [1.82, 2.24) is 10.2 Å².